The molecule has 17 heavy (non-hydrogen) atoms. The highest BCUT2D eigenvalue weighted by Crippen LogP contribution is 2.27. The Balaban J connectivity index is 2.26. The Labute approximate surface area is 101 Å². The highest BCUT2D eigenvalue weighted by Gasteiger charge is 2.28. The summed E-state index contributed by atoms with van der Waals surface area (Å²) in [5.41, 5.74) is 0.927. The minimum absolute atomic E-state index is 0.407. The van der Waals surface area contributed by atoms with Crippen LogP contribution < -0.4 is 9.64 Å². The summed E-state index contributed by atoms with van der Waals surface area (Å²) in [6, 6.07) is 7.17. The molecule has 4 nitrogen and oxygen atoms in total. The van der Waals surface area contributed by atoms with E-state index in [0.717, 1.165) is 30.8 Å². The van der Waals surface area contributed by atoms with Crippen molar-refractivity contribution in [3.63, 3.8) is 0 Å². The SMILES string of the molecule is COc1cccc(N2CCCCC2C(=O)O)c1. The van der Waals surface area contributed by atoms with E-state index in [9.17, 15) is 9.90 Å². The average molecular weight is 235 g/mol. The Morgan fingerprint density at radius 1 is 1.47 bits per heavy atom. The van der Waals surface area contributed by atoms with Gasteiger partial charge in [0, 0.05) is 18.3 Å². The molecule has 1 aliphatic rings. The lowest BCUT2D eigenvalue weighted by Crippen LogP contribution is -2.44. The van der Waals surface area contributed by atoms with Gasteiger partial charge in [-0.25, -0.2) is 4.79 Å². The van der Waals surface area contributed by atoms with Gasteiger partial charge >= 0.3 is 5.97 Å². The second-order valence-corrected chi connectivity index (χ2v) is 4.24. The van der Waals surface area contributed by atoms with Crippen molar-refractivity contribution in [1.29, 1.82) is 0 Å². The predicted molar refractivity (Wildman–Crippen MR) is 65.6 cm³/mol. The molecule has 4 heteroatoms. The first kappa shape index (κ1) is 11.8. The molecule has 0 aromatic heterocycles. The van der Waals surface area contributed by atoms with Crippen molar-refractivity contribution >= 4 is 11.7 Å². The number of carboxylic acids is 1. The smallest absolute Gasteiger partial charge is 0.326 e. The number of rotatable bonds is 3. The number of hydrogen-bond donors (Lipinski definition) is 1. The average Bonchev–Trinajstić information content (AvgIpc) is 2.39. The summed E-state index contributed by atoms with van der Waals surface area (Å²) in [6.07, 6.45) is 2.74. The van der Waals surface area contributed by atoms with Gasteiger partial charge < -0.3 is 14.7 Å². The Morgan fingerprint density at radius 2 is 2.29 bits per heavy atom. The molecule has 0 spiro atoms. The van der Waals surface area contributed by atoms with Crippen molar-refractivity contribution in [2.45, 2.75) is 25.3 Å². The molecule has 1 saturated heterocycles. The summed E-state index contributed by atoms with van der Waals surface area (Å²) in [7, 11) is 1.62. The largest absolute Gasteiger partial charge is 0.497 e. The highest BCUT2D eigenvalue weighted by atomic mass is 16.5. The summed E-state index contributed by atoms with van der Waals surface area (Å²) < 4.78 is 5.17. The number of aliphatic carboxylic acids is 1. The molecule has 92 valence electrons. The van der Waals surface area contributed by atoms with Gasteiger partial charge in [0.15, 0.2) is 0 Å². The first-order valence-corrected chi connectivity index (χ1v) is 5.86. The zero-order chi connectivity index (χ0) is 12.3. The van der Waals surface area contributed by atoms with Crippen LogP contribution >= 0.6 is 0 Å². The Bertz CT molecular complexity index is 405. The molecular formula is C13H17NO3. The molecule has 0 bridgehead atoms. The number of nitrogens with zero attached hydrogens (tertiary/aromatic N) is 1. The van der Waals surface area contributed by atoms with Crippen LogP contribution in [-0.4, -0.2) is 30.8 Å². The standard InChI is InChI=1S/C13H17NO3/c1-17-11-6-4-5-10(9-11)14-8-3-2-7-12(14)13(15)16/h4-6,9,12H,2-3,7-8H2,1H3,(H,15,16). The third-order valence-corrected chi connectivity index (χ3v) is 3.17. The molecule has 2 rings (SSSR count). The predicted octanol–water partition coefficient (Wildman–Crippen LogP) is 2.14. The van der Waals surface area contributed by atoms with Crippen LogP contribution in [0.25, 0.3) is 0 Å². The molecular weight excluding hydrogens is 218 g/mol. The van der Waals surface area contributed by atoms with Crippen molar-refractivity contribution < 1.29 is 14.6 Å². The van der Waals surface area contributed by atoms with E-state index in [1.54, 1.807) is 7.11 Å². The number of hydrogen-bond acceptors (Lipinski definition) is 3. The van der Waals surface area contributed by atoms with Crippen molar-refractivity contribution in [2.24, 2.45) is 0 Å². The summed E-state index contributed by atoms with van der Waals surface area (Å²) in [5.74, 6) is 0.0183. The third-order valence-electron chi connectivity index (χ3n) is 3.17. The minimum Gasteiger partial charge on any atom is -0.497 e. The van der Waals surface area contributed by atoms with E-state index in [1.807, 2.05) is 29.2 Å². The maximum Gasteiger partial charge on any atom is 0.326 e. The van der Waals surface area contributed by atoms with Crippen LogP contribution in [0.1, 0.15) is 19.3 Å². The Morgan fingerprint density at radius 3 is 3.00 bits per heavy atom. The van der Waals surface area contributed by atoms with Gasteiger partial charge in [0.05, 0.1) is 7.11 Å². The van der Waals surface area contributed by atoms with Gasteiger partial charge in [-0.05, 0) is 31.4 Å². The third kappa shape index (κ3) is 2.52. The number of anilines is 1. The van der Waals surface area contributed by atoms with Crippen LogP contribution in [0.2, 0.25) is 0 Å². The topological polar surface area (TPSA) is 49.8 Å². The molecule has 0 amide bonds. The molecule has 1 aromatic carbocycles. The molecule has 0 radical (unpaired) electrons. The molecule has 1 aliphatic heterocycles. The first-order chi connectivity index (χ1) is 8.22. The van der Waals surface area contributed by atoms with E-state index in [0.29, 0.717) is 6.42 Å². The molecule has 1 atom stereocenters. The zero-order valence-electron chi connectivity index (χ0n) is 9.93. The van der Waals surface area contributed by atoms with Crippen LogP contribution in [0.5, 0.6) is 5.75 Å². The second-order valence-electron chi connectivity index (χ2n) is 4.24. The van der Waals surface area contributed by atoms with Crippen molar-refractivity contribution in [1.82, 2.24) is 0 Å². The van der Waals surface area contributed by atoms with E-state index in [4.69, 9.17) is 4.74 Å². The van der Waals surface area contributed by atoms with Gasteiger partial charge in [0.2, 0.25) is 0 Å². The quantitative estimate of drug-likeness (QED) is 0.872. The van der Waals surface area contributed by atoms with Gasteiger partial charge in [0.1, 0.15) is 11.8 Å². The van der Waals surface area contributed by atoms with Gasteiger partial charge in [0.25, 0.3) is 0 Å². The fraction of sp³-hybridized carbons (Fsp3) is 0.462. The maximum atomic E-state index is 11.2. The van der Waals surface area contributed by atoms with E-state index in [-0.39, 0.29) is 0 Å². The number of carbonyl (C=O) groups is 1. The van der Waals surface area contributed by atoms with Crippen LogP contribution in [0.15, 0.2) is 24.3 Å². The van der Waals surface area contributed by atoms with Crippen LogP contribution in [0.3, 0.4) is 0 Å². The molecule has 0 saturated carbocycles. The highest BCUT2D eigenvalue weighted by molar-refractivity contribution is 5.78. The molecule has 1 heterocycles. The molecule has 1 N–H and O–H groups in total. The fourth-order valence-corrected chi connectivity index (χ4v) is 2.29. The number of benzene rings is 1. The first-order valence-electron chi connectivity index (χ1n) is 5.86. The summed E-state index contributed by atoms with van der Waals surface area (Å²) in [5, 5.41) is 9.22. The van der Waals surface area contributed by atoms with Crippen molar-refractivity contribution in [3.05, 3.63) is 24.3 Å². The minimum atomic E-state index is -0.743. The second kappa shape index (κ2) is 5.08. The lowest BCUT2D eigenvalue weighted by atomic mass is 10.0. The normalized spacial score (nSPS) is 20.1. The summed E-state index contributed by atoms with van der Waals surface area (Å²) >= 11 is 0. The van der Waals surface area contributed by atoms with Crippen LogP contribution in [-0.2, 0) is 4.79 Å². The van der Waals surface area contributed by atoms with Crippen LogP contribution in [0.4, 0.5) is 5.69 Å². The Hall–Kier alpha value is -1.71. The monoisotopic (exact) mass is 235 g/mol. The molecule has 1 aromatic rings. The van der Waals surface area contributed by atoms with E-state index in [2.05, 4.69) is 0 Å². The van der Waals surface area contributed by atoms with Crippen molar-refractivity contribution in [3.8, 4) is 5.75 Å². The van der Waals surface area contributed by atoms with Crippen LogP contribution in [0, 0.1) is 0 Å². The fourth-order valence-electron chi connectivity index (χ4n) is 2.29. The van der Waals surface area contributed by atoms with Gasteiger partial charge in [-0.2, -0.15) is 0 Å². The summed E-state index contributed by atoms with van der Waals surface area (Å²) in [4.78, 5) is 13.2. The molecule has 1 fully saturated rings. The lowest BCUT2D eigenvalue weighted by molar-refractivity contribution is -0.139. The van der Waals surface area contributed by atoms with E-state index >= 15 is 0 Å². The summed E-state index contributed by atoms with van der Waals surface area (Å²) in [6.45, 7) is 0.796. The zero-order valence-corrected chi connectivity index (χ0v) is 9.93. The Kier molecular flexibility index (Phi) is 3.52. The van der Waals surface area contributed by atoms with Gasteiger partial charge in [-0.1, -0.05) is 6.07 Å². The number of piperidine rings is 1. The molecule has 0 aliphatic carbocycles. The number of methoxy groups -OCH3 is 1. The molecule has 1 unspecified atom stereocenters. The van der Waals surface area contributed by atoms with Gasteiger partial charge in [-0.15, -0.1) is 0 Å². The van der Waals surface area contributed by atoms with Crippen molar-refractivity contribution in [2.75, 3.05) is 18.6 Å². The lowest BCUT2D eigenvalue weighted by Gasteiger charge is -2.34. The van der Waals surface area contributed by atoms with E-state index in [1.165, 1.54) is 0 Å². The number of carboxylic acid groups (broad SMARTS) is 1. The van der Waals surface area contributed by atoms with E-state index < -0.39 is 12.0 Å². The number of ether oxygens (including phenoxy) is 1. The maximum absolute atomic E-state index is 11.2. The van der Waals surface area contributed by atoms with Gasteiger partial charge in [-0.3, -0.25) is 0 Å².